The van der Waals surface area contributed by atoms with E-state index in [-0.39, 0.29) is 12.4 Å². The second-order valence-corrected chi connectivity index (χ2v) is 8.59. The molecule has 0 atom stereocenters. The molecule has 4 aromatic rings. The zero-order chi connectivity index (χ0) is 22.6. The summed E-state index contributed by atoms with van der Waals surface area (Å²) in [5, 5.41) is 7.91. The SMILES string of the molecule is Cc1cnc(Nc2ccc(OCCN3CCCC3)cc2)nc1Nc1ccc(C)c2[nH]ccc12.Cl. The van der Waals surface area contributed by atoms with Gasteiger partial charge in [-0.2, -0.15) is 4.98 Å². The Balaban J connectivity index is 0.00000274. The monoisotopic (exact) mass is 478 g/mol. The number of hydrogen-bond donors (Lipinski definition) is 3. The van der Waals surface area contributed by atoms with Gasteiger partial charge in [-0.05, 0) is 81.7 Å². The number of hydrogen-bond acceptors (Lipinski definition) is 6. The fraction of sp³-hybridized carbons (Fsp3) is 0.308. The van der Waals surface area contributed by atoms with Crippen molar-refractivity contribution >= 4 is 46.5 Å². The van der Waals surface area contributed by atoms with E-state index in [0.717, 1.165) is 52.6 Å². The predicted octanol–water partition coefficient (Wildman–Crippen LogP) is 5.96. The van der Waals surface area contributed by atoms with Gasteiger partial charge in [0.15, 0.2) is 0 Å². The molecule has 0 bridgehead atoms. The van der Waals surface area contributed by atoms with E-state index in [1.54, 1.807) is 0 Å². The molecule has 34 heavy (non-hydrogen) atoms. The van der Waals surface area contributed by atoms with Crippen LogP contribution >= 0.6 is 12.4 Å². The summed E-state index contributed by atoms with van der Waals surface area (Å²) in [5.41, 5.74) is 5.25. The lowest BCUT2D eigenvalue weighted by Gasteiger charge is -2.15. The van der Waals surface area contributed by atoms with E-state index in [1.165, 1.54) is 31.5 Å². The number of benzene rings is 2. The maximum absolute atomic E-state index is 5.90. The predicted molar refractivity (Wildman–Crippen MR) is 141 cm³/mol. The van der Waals surface area contributed by atoms with Gasteiger partial charge in [0.25, 0.3) is 0 Å². The lowest BCUT2D eigenvalue weighted by Crippen LogP contribution is -2.25. The molecule has 7 nitrogen and oxygen atoms in total. The molecule has 0 radical (unpaired) electrons. The van der Waals surface area contributed by atoms with Crippen LogP contribution in [0.3, 0.4) is 0 Å². The molecule has 1 aliphatic heterocycles. The average molecular weight is 479 g/mol. The highest BCUT2D eigenvalue weighted by molar-refractivity contribution is 5.95. The van der Waals surface area contributed by atoms with Crippen LogP contribution in [0.25, 0.3) is 10.9 Å². The third kappa shape index (κ3) is 5.43. The van der Waals surface area contributed by atoms with Crippen molar-refractivity contribution < 1.29 is 4.74 Å². The van der Waals surface area contributed by atoms with Crippen LogP contribution in [0.5, 0.6) is 5.75 Å². The highest BCUT2D eigenvalue weighted by Crippen LogP contribution is 2.29. The maximum Gasteiger partial charge on any atom is 0.229 e. The number of likely N-dealkylation sites (tertiary alicyclic amines) is 1. The molecule has 3 N–H and O–H groups in total. The molecule has 0 amide bonds. The number of nitrogens with one attached hydrogen (secondary N) is 3. The van der Waals surface area contributed by atoms with E-state index in [4.69, 9.17) is 9.72 Å². The molecule has 2 aromatic heterocycles. The molecule has 178 valence electrons. The Kier molecular flexibility index (Phi) is 7.55. The van der Waals surface area contributed by atoms with E-state index in [0.29, 0.717) is 5.95 Å². The number of nitrogens with zero attached hydrogens (tertiary/aromatic N) is 3. The number of halogens is 1. The molecule has 3 heterocycles. The van der Waals surface area contributed by atoms with Crippen LogP contribution in [0.15, 0.2) is 54.9 Å². The summed E-state index contributed by atoms with van der Waals surface area (Å²) >= 11 is 0. The van der Waals surface area contributed by atoms with Crippen LogP contribution < -0.4 is 15.4 Å². The maximum atomic E-state index is 5.90. The van der Waals surface area contributed by atoms with Gasteiger partial charge in [0.1, 0.15) is 18.2 Å². The van der Waals surface area contributed by atoms with Crippen LogP contribution in [0.2, 0.25) is 0 Å². The van der Waals surface area contributed by atoms with Crippen molar-refractivity contribution in [3.63, 3.8) is 0 Å². The first-order valence-electron chi connectivity index (χ1n) is 11.6. The van der Waals surface area contributed by atoms with E-state index < -0.39 is 0 Å². The lowest BCUT2D eigenvalue weighted by atomic mass is 10.1. The molecule has 2 aromatic carbocycles. The van der Waals surface area contributed by atoms with Crippen molar-refractivity contribution in [3.8, 4) is 5.75 Å². The van der Waals surface area contributed by atoms with Crippen LogP contribution in [-0.4, -0.2) is 46.1 Å². The van der Waals surface area contributed by atoms with Gasteiger partial charge < -0.3 is 20.4 Å². The lowest BCUT2D eigenvalue weighted by molar-refractivity contribution is 0.238. The van der Waals surface area contributed by atoms with E-state index >= 15 is 0 Å². The fourth-order valence-corrected chi connectivity index (χ4v) is 4.23. The minimum Gasteiger partial charge on any atom is -0.492 e. The van der Waals surface area contributed by atoms with Crippen molar-refractivity contribution in [2.24, 2.45) is 0 Å². The largest absolute Gasteiger partial charge is 0.492 e. The van der Waals surface area contributed by atoms with Gasteiger partial charge in [-0.3, -0.25) is 4.90 Å². The molecule has 1 fully saturated rings. The smallest absolute Gasteiger partial charge is 0.229 e. The number of aryl methyl sites for hydroxylation is 2. The summed E-state index contributed by atoms with van der Waals surface area (Å²) in [4.78, 5) is 14.9. The summed E-state index contributed by atoms with van der Waals surface area (Å²) in [6, 6.07) is 14.2. The first-order valence-corrected chi connectivity index (χ1v) is 11.6. The van der Waals surface area contributed by atoms with Crippen molar-refractivity contribution in [2.75, 3.05) is 36.9 Å². The third-order valence-electron chi connectivity index (χ3n) is 6.14. The number of fused-ring (bicyclic) bond motifs is 1. The summed E-state index contributed by atoms with van der Waals surface area (Å²) in [6.07, 6.45) is 6.40. The third-order valence-corrected chi connectivity index (χ3v) is 6.14. The molecule has 0 spiro atoms. The Bertz CT molecular complexity index is 1230. The molecule has 0 aliphatic carbocycles. The summed E-state index contributed by atoms with van der Waals surface area (Å²) in [6.45, 7) is 8.20. The number of ether oxygens (including phenoxy) is 1. The first kappa shape index (κ1) is 23.9. The van der Waals surface area contributed by atoms with Crippen LogP contribution in [0.1, 0.15) is 24.0 Å². The Labute approximate surface area is 206 Å². The van der Waals surface area contributed by atoms with Gasteiger partial charge in [0.05, 0.1) is 5.52 Å². The van der Waals surface area contributed by atoms with Crippen LogP contribution in [-0.2, 0) is 0 Å². The topological polar surface area (TPSA) is 78.1 Å². The van der Waals surface area contributed by atoms with Gasteiger partial charge >= 0.3 is 0 Å². The molecule has 5 rings (SSSR count). The molecule has 0 saturated carbocycles. The van der Waals surface area contributed by atoms with Crippen molar-refractivity contribution in [1.82, 2.24) is 19.9 Å². The summed E-state index contributed by atoms with van der Waals surface area (Å²) < 4.78 is 5.90. The normalized spacial score (nSPS) is 13.6. The zero-order valence-electron chi connectivity index (χ0n) is 19.6. The van der Waals surface area contributed by atoms with Crippen molar-refractivity contribution in [3.05, 3.63) is 66.0 Å². The number of aromatic amines is 1. The number of H-pyrrole nitrogens is 1. The second-order valence-electron chi connectivity index (χ2n) is 8.59. The highest BCUT2D eigenvalue weighted by Gasteiger charge is 2.11. The molecular formula is C26H31ClN6O. The highest BCUT2D eigenvalue weighted by atomic mass is 35.5. The van der Waals surface area contributed by atoms with Gasteiger partial charge in [0, 0.05) is 41.3 Å². The molecule has 8 heteroatoms. The quantitative estimate of drug-likeness (QED) is 0.290. The van der Waals surface area contributed by atoms with Gasteiger partial charge in [-0.25, -0.2) is 4.98 Å². The summed E-state index contributed by atoms with van der Waals surface area (Å²) in [5.74, 6) is 2.20. The minimum absolute atomic E-state index is 0. The van der Waals surface area contributed by atoms with Gasteiger partial charge in [0.2, 0.25) is 5.95 Å². The molecule has 1 saturated heterocycles. The Morgan fingerprint density at radius 1 is 0.971 bits per heavy atom. The Hall–Kier alpha value is -3.29. The Morgan fingerprint density at radius 3 is 2.56 bits per heavy atom. The zero-order valence-corrected chi connectivity index (χ0v) is 20.4. The standard InChI is InChI=1S/C26H30N6O.ClH/c1-18-5-10-23(22-11-12-27-24(18)22)30-25-19(2)17-28-26(31-25)29-20-6-8-21(9-7-20)33-16-15-32-13-3-4-14-32;/h5-12,17,27H,3-4,13-16H2,1-2H3,(H2,28,29,30,31);1H. The van der Waals surface area contributed by atoms with Crippen LogP contribution in [0.4, 0.5) is 23.1 Å². The minimum atomic E-state index is 0. The second kappa shape index (κ2) is 10.8. The fourth-order valence-electron chi connectivity index (χ4n) is 4.23. The summed E-state index contributed by atoms with van der Waals surface area (Å²) in [7, 11) is 0. The number of anilines is 4. The molecular weight excluding hydrogens is 448 g/mol. The van der Waals surface area contributed by atoms with Crippen molar-refractivity contribution in [2.45, 2.75) is 26.7 Å². The van der Waals surface area contributed by atoms with E-state index in [2.05, 4.69) is 50.6 Å². The van der Waals surface area contributed by atoms with E-state index in [9.17, 15) is 0 Å². The number of aromatic nitrogens is 3. The molecule has 1 aliphatic rings. The van der Waals surface area contributed by atoms with Gasteiger partial charge in [-0.15, -0.1) is 12.4 Å². The van der Waals surface area contributed by atoms with E-state index in [1.807, 2.05) is 43.6 Å². The Morgan fingerprint density at radius 2 is 1.76 bits per heavy atom. The van der Waals surface area contributed by atoms with Crippen LogP contribution in [0, 0.1) is 13.8 Å². The number of rotatable bonds is 8. The first-order chi connectivity index (χ1) is 16.2. The average Bonchev–Trinajstić information content (AvgIpc) is 3.52. The molecule has 0 unspecified atom stereocenters. The van der Waals surface area contributed by atoms with Gasteiger partial charge in [-0.1, -0.05) is 6.07 Å². The van der Waals surface area contributed by atoms with Crippen molar-refractivity contribution in [1.29, 1.82) is 0 Å².